The van der Waals surface area contributed by atoms with Gasteiger partial charge in [-0.3, -0.25) is 0 Å². The Bertz CT molecular complexity index is 399. The Kier molecular flexibility index (Phi) is 4.22. The summed E-state index contributed by atoms with van der Waals surface area (Å²) in [5.41, 5.74) is 0. The van der Waals surface area contributed by atoms with Crippen LogP contribution in [0, 0.1) is 0 Å². The Morgan fingerprint density at radius 1 is 1.53 bits per heavy atom. The summed E-state index contributed by atoms with van der Waals surface area (Å²) in [5.74, 6) is 1.06. The Morgan fingerprint density at radius 3 is 2.80 bits per heavy atom. The molecule has 0 aliphatic rings. The van der Waals surface area contributed by atoms with Gasteiger partial charge < -0.3 is 9.88 Å². The van der Waals surface area contributed by atoms with E-state index in [0.29, 0.717) is 19.5 Å². The van der Waals surface area contributed by atoms with Gasteiger partial charge in [0.2, 0.25) is 0 Å². The second-order valence-corrected chi connectivity index (χ2v) is 5.78. The molecular weight excluding hydrogens is 216 g/mol. The monoisotopic (exact) mass is 232 g/mol. The zero-order chi connectivity index (χ0) is 11.3. The van der Waals surface area contributed by atoms with Gasteiger partial charge in [-0.25, -0.2) is 8.42 Å². The van der Waals surface area contributed by atoms with Crippen LogP contribution in [0.25, 0.3) is 0 Å². The van der Waals surface area contributed by atoms with Gasteiger partial charge in [0.05, 0.1) is 12.3 Å². The van der Waals surface area contributed by atoms with Crippen LogP contribution < -0.4 is 5.32 Å². The number of hydrogen-bond acceptors (Lipinski definition) is 5. The fourth-order valence-corrected chi connectivity index (χ4v) is 1.80. The van der Waals surface area contributed by atoms with Crippen LogP contribution >= 0.6 is 0 Å². The van der Waals surface area contributed by atoms with Crippen LogP contribution in [-0.2, 0) is 23.4 Å². The van der Waals surface area contributed by atoms with E-state index in [9.17, 15) is 8.42 Å². The van der Waals surface area contributed by atoms with Gasteiger partial charge in [0, 0.05) is 13.3 Å². The van der Waals surface area contributed by atoms with E-state index in [-0.39, 0.29) is 5.75 Å². The highest BCUT2D eigenvalue weighted by Crippen LogP contribution is 1.91. The molecule has 1 N–H and O–H groups in total. The summed E-state index contributed by atoms with van der Waals surface area (Å²) in [6.45, 7) is 1.28. The first-order valence-electron chi connectivity index (χ1n) is 4.70. The number of sulfone groups is 1. The molecule has 1 aromatic heterocycles. The molecule has 0 amide bonds. The molecule has 0 aromatic carbocycles. The van der Waals surface area contributed by atoms with Crippen LogP contribution in [0.3, 0.4) is 0 Å². The zero-order valence-corrected chi connectivity index (χ0v) is 9.79. The molecule has 7 heteroatoms. The Morgan fingerprint density at radius 2 is 2.27 bits per heavy atom. The quantitative estimate of drug-likeness (QED) is 0.659. The molecule has 1 rings (SSSR count). The molecule has 0 unspecified atom stereocenters. The molecule has 0 aliphatic carbocycles. The largest absolute Gasteiger partial charge is 0.320 e. The minimum Gasteiger partial charge on any atom is -0.320 e. The van der Waals surface area contributed by atoms with Crippen molar-refractivity contribution in [1.29, 1.82) is 0 Å². The number of aryl methyl sites for hydroxylation is 1. The minimum atomic E-state index is -2.84. The van der Waals surface area contributed by atoms with Crippen LogP contribution in [0.15, 0.2) is 6.33 Å². The van der Waals surface area contributed by atoms with Crippen molar-refractivity contribution in [1.82, 2.24) is 20.1 Å². The molecule has 0 saturated heterocycles. The van der Waals surface area contributed by atoms with E-state index in [2.05, 4.69) is 15.5 Å². The van der Waals surface area contributed by atoms with Crippen molar-refractivity contribution in [3.63, 3.8) is 0 Å². The number of aromatic nitrogens is 3. The van der Waals surface area contributed by atoms with Gasteiger partial charge in [-0.15, -0.1) is 10.2 Å². The van der Waals surface area contributed by atoms with Crippen molar-refractivity contribution < 1.29 is 8.42 Å². The molecule has 86 valence electrons. The van der Waals surface area contributed by atoms with Gasteiger partial charge in [0.25, 0.3) is 0 Å². The lowest BCUT2D eigenvalue weighted by Crippen LogP contribution is -2.19. The van der Waals surface area contributed by atoms with E-state index in [4.69, 9.17) is 0 Å². The maximum absolute atomic E-state index is 10.8. The van der Waals surface area contributed by atoms with Gasteiger partial charge in [-0.1, -0.05) is 0 Å². The number of hydrogen-bond donors (Lipinski definition) is 1. The van der Waals surface area contributed by atoms with Crippen LogP contribution in [0.5, 0.6) is 0 Å². The van der Waals surface area contributed by atoms with Gasteiger partial charge >= 0.3 is 0 Å². The smallest absolute Gasteiger partial charge is 0.147 e. The first kappa shape index (κ1) is 12.1. The number of nitrogens with zero attached hydrogens (tertiary/aromatic N) is 3. The lowest BCUT2D eigenvalue weighted by atomic mass is 10.4. The lowest BCUT2D eigenvalue weighted by molar-refractivity contribution is 0.590. The molecular formula is C8H16N4O2S. The molecule has 0 atom stereocenters. The van der Waals surface area contributed by atoms with Crippen LogP contribution in [0.4, 0.5) is 0 Å². The highest BCUT2D eigenvalue weighted by Gasteiger charge is 2.02. The van der Waals surface area contributed by atoms with Crippen LogP contribution in [0.1, 0.15) is 12.2 Å². The van der Waals surface area contributed by atoms with Crippen molar-refractivity contribution in [3.8, 4) is 0 Å². The maximum Gasteiger partial charge on any atom is 0.147 e. The number of rotatable bonds is 6. The summed E-state index contributed by atoms with van der Waals surface area (Å²) in [6, 6.07) is 0. The molecule has 0 radical (unpaired) electrons. The molecule has 1 aromatic rings. The van der Waals surface area contributed by atoms with E-state index in [1.54, 1.807) is 6.33 Å². The van der Waals surface area contributed by atoms with Crippen molar-refractivity contribution in [2.45, 2.75) is 13.0 Å². The number of nitrogens with one attached hydrogen (secondary N) is 1. The molecule has 6 nitrogen and oxygen atoms in total. The third kappa shape index (κ3) is 4.89. The second kappa shape index (κ2) is 5.22. The molecule has 15 heavy (non-hydrogen) atoms. The van der Waals surface area contributed by atoms with E-state index in [1.807, 2.05) is 11.6 Å². The fourth-order valence-electron chi connectivity index (χ4n) is 1.13. The average Bonchev–Trinajstić information content (AvgIpc) is 2.49. The van der Waals surface area contributed by atoms with E-state index >= 15 is 0 Å². The standard InChI is InChI=1S/C8H16N4O2S/c1-12-7-10-11-8(12)6-9-4-3-5-15(2,13)14/h7,9H,3-6H2,1-2H3. The Hall–Kier alpha value is -0.950. The summed E-state index contributed by atoms with van der Waals surface area (Å²) in [4.78, 5) is 0. The van der Waals surface area contributed by atoms with Gasteiger partial charge in [-0.05, 0) is 13.0 Å². The maximum atomic E-state index is 10.8. The van der Waals surface area contributed by atoms with E-state index < -0.39 is 9.84 Å². The Labute approximate surface area is 89.6 Å². The molecule has 0 saturated carbocycles. The predicted molar refractivity (Wildman–Crippen MR) is 57.0 cm³/mol. The average molecular weight is 232 g/mol. The predicted octanol–water partition coefficient (Wildman–Crippen LogP) is -0.661. The third-order valence-corrected chi connectivity index (χ3v) is 2.99. The summed E-state index contributed by atoms with van der Waals surface area (Å²) in [6.07, 6.45) is 3.50. The molecule has 0 fully saturated rings. The van der Waals surface area contributed by atoms with Gasteiger partial charge in [0.15, 0.2) is 0 Å². The highest BCUT2D eigenvalue weighted by atomic mass is 32.2. The van der Waals surface area contributed by atoms with Crippen LogP contribution in [-0.4, -0.2) is 41.7 Å². The SMILES string of the molecule is Cn1cnnc1CNCCCS(C)(=O)=O. The van der Waals surface area contributed by atoms with E-state index in [1.165, 1.54) is 6.26 Å². The molecule has 0 bridgehead atoms. The first-order valence-corrected chi connectivity index (χ1v) is 6.76. The van der Waals surface area contributed by atoms with Gasteiger partial charge in [-0.2, -0.15) is 0 Å². The van der Waals surface area contributed by atoms with Crippen LogP contribution in [0.2, 0.25) is 0 Å². The summed E-state index contributed by atoms with van der Waals surface area (Å²) >= 11 is 0. The second-order valence-electron chi connectivity index (χ2n) is 3.52. The zero-order valence-electron chi connectivity index (χ0n) is 8.97. The lowest BCUT2D eigenvalue weighted by Gasteiger charge is -2.03. The highest BCUT2D eigenvalue weighted by molar-refractivity contribution is 7.90. The summed E-state index contributed by atoms with van der Waals surface area (Å²) < 4.78 is 23.5. The fraction of sp³-hybridized carbons (Fsp3) is 0.750. The third-order valence-electron chi connectivity index (χ3n) is 1.96. The summed E-state index contributed by atoms with van der Waals surface area (Å²) in [5, 5.41) is 10.7. The van der Waals surface area contributed by atoms with Crippen molar-refractivity contribution in [3.05, 3.63) is 12.2 Å². The molecule has 0 aliphatic heterocycles. The van der Waals surface area contributed by atoms with Crippen molar-refractivity contribution in [2.75, 3.05) is 18.6 Å². The van der Waals surface area contributed by atoms with Crippen molar-refractivity contribution in [2.24, 2.45) is 7.05 Å². The van der Waals surface area contributed by atoms with Gasteiger partial charge in [0.1, 0.15) is 22.0 Å². The molecule has 0 spiro atoms. The molecule has 1 heterocycles. The van der Waals surface area contributed by atoms with Crippen molar-refractivity contribution >= 4 is 9.84 Å². The first-order chi connectivity index (χ1) is 6.99. The topological polar surface area (TPSA) is 76.9 Å². The Balaban J connectivity index is 2.15. The summed E-state index contributed by atoms with van der Waals surface area (Å²) in [7, 11) is -0.971. The normalized spacial score (nSPS) is 11.9. The minimum absolute atomic E-state index is 0.221. The van der Waals surface area contributed by atoms with E-state index in [0.717, 1.165) is 5.82 Å².